The van der Waals surface area contributed by atoms with Gasteiger partial charge >= 0.3 is 0 Å². The van der Waals surface area contributed by atoms with Crippen LogP contribution in [-0.4, -0.2) is 42.9 Å². The van der Waals surface area contributed by atoms with E-state index in [-0.39, 0.29) is 23.1 Å². The minimum Gasteiger partial charge on any atom is -0.369 e. The highest BCUT2D eigenvalue weighted by molar-refractivity contribution is 5.84. The van der Waals surface area contributed by atoms with Gasteiger partial charge in [-0.1, -0.05) is 13.8 Å². The van der Waals surface area contributed by atoms with Crippen molar-refractivity contribution in [2.24, 2.45) is 23.0 Å². The maximum atomic E-state index is 12.7. The maximum Gasteiger partial charge on any atom is 0.228 e. The van der Waals surface area contributed by atoms with Crippen LogP contribution in [0.3, 0.4) is 0 Å². The Balaban J connectivity index is 2.00. The van der Waals surface area contributed by atoms with Crippen molar-refractivity contribution in [1.29, 1.82) is 0 Å². The second kappa shape index (κ2) is 5.49. The van der Waals surface area contributed by atoms with Crippen LogP contribution in [0.1, 0.15) is 33.1 Å². The normalized spacial score (nSPS) is 28.4. The van der Waals surface area contributed by atoms with E-state index in [1.54, 1.807) is 0 Å². The van der Waals surface area contributed by atoms with Gasteiger partial charge in [0.1, 0.15) is 0 Å². The largest absolute Gasteiger partial charge is 0.369 e. The van der Waals surface area contributed by atoms with Gasteiger partial charge in [-0.05, 0) is 38.3 Å². The molecule has 3 N–H and O–H groups in total. The smallest absolute Gasteiger partial charge is 0.228 e. The second-order valence-electron chi connectivity index (χ2n) is 6.40. The summed E-state index contributed by atoms with van der Waals surface area (Å²) in [6, 6.07) is 0. The molecule has 2 fully saturated rings. The van der Waals surface area contributed by atoms with E-state index >= 15 is 0 Å². The van der Waals surface area contributed by atoms with Crippen molar-refractivity contribution in [2.45, 2.75) is 33.1 Å². The predicted molar refractivity (Wildman–Crippen MR) is 73.3 cm³/mol. The van der Waals surface area contributed by atoms with Gasteiger partial charge in [-0.2, -0.15) is 0 Å². The molecule has 2 rings (SSSR count). The van der Waals surface area contributed by atoms with Gasteiger partial charge in [0.15, 0.2) is 0 Å². The van der Waals surface area contributed by atoms with Gasteiger partial charge in [-0.3, -0.25) is 9.59 Å². The molecule has 2 aliphatic rings. The molecule has 0 aromatic heterocycles. The van der Waals surface area contributed by atoms with Crippen molar-refractivity contribution < 1.29 is 9.59 Å². The summed E-state index contributed by atoms with van der Waals surface area (Å²) in [5.41, 5.74) is 4.96. The summed E-state index contributed by atoms with van der Waals surface area (Å²) in [5, 5.41) is 3.37. The Morgan fingerprint density at radius 1 is 1.32 bits per heavy atom. The van der Waals surface area contributed by atoms with Crippen LogP contribution >= 0.6 is 0 Å². The Kier molecular flexibility index (Phi) is 4.13. The van der Waals surface area contributed by atoms with Crippen LogP contribution in [0.2, 0.25) is 0 Å². The molecule has 0 radical (unpaired) electrons. The van der Waals surface area contributed by atoms with E-state index in [1.807, 2.05) is 18.7 Å². The van der Waals surface area contributed by atoms with Gasteiger partial charge in [-0.25, -0.2) is 0 Å². The molecule has 0 spiro atoms. The minimum atomic E-state index is -0.361. The summed E-state index contributed by atoms with van der Waals surface area (Å²) in [4.78, 5) is 25.7. The Bertz CT molecular complexity index is 362. The predicted octanol–water partition coefficient (Wildman–Crippen LogP) is 0.346. The Hall–Kier alpha value is -1.10. The highest BCUT2D eigenvalue weighted by atomic mass is 16.2. The number of piperidine rings is 1. The summed E-state index contributed by atoms with van der Waals surface area (Å²) in [7, 11) is 0. The fraction of sp³-hybridized carbons (Fsp3) is 0.857. The number of rotatable bonds is 3. The molecular weight excluding hydrogens is 242 g/mol. The van der Waals surface area contributed by atoms with Crippen molar-refractivity contribution in [3.63, 3.8) is 0 Å². The lowest BCUT2D eigenvalue weighted by Crippen LogP contribution is -2.48. The molecule has 5 nitrogen and oxygen atoms in total. The standard InChI is InChI=1S/C14H25N3O2/c1-14(2,11-4-3-6-16-8-11)13(19)17-7-5-10(9-17)12(15)18/h10-11,16H,3-9H2,1-2H3,(H2,15,18). The Morgan fingerprint density at radius 3 is 2.58 bits per heavy atom. The van der Waals surface area contributed by atoms with E-state index in [9.17, 15) is 9.59 Å². The third-order valence-electron chi connectivity index (χ3n) is 4.75. The highest BCUT2D eigenvalue weighted by Crippen LogP contribution is 2.35. The first-order chi connectivity index (χ1) is 8.93. The lowest BCUT2D eigenvalue weighted by molar-refractivity contribution is -0.142. The fourth-order valence-corrected chi connectivity index (χ4v) is 3.23. The zero-order chi connectivity index (χ0) is 14.0. The number of amides is 2. The van der Waals surface area contributed by atoms with Crippen LogP contribution < -0.4 is 11.1 Å². The van der Waals surface area contributed by atoms with Crippen LogP contribution in [0, 0.1) is 17.3 Å². The molecule has 5 heteroatoms. The van der Waals surface area contributed by atoms with Crippen LogP contribution in [0.5, 0.6) is 0 Å². The lowest BCUT2D eigenvalue weighted by Gasteiger charge is -2.38. The Labute approximate surface area is 114 Å². The lowest BCUT2D eigenvalue weighted by atomic mass is 9.74. The monoisotopic (exact) mass is 267 g/mol. The third kappa shape index (κ3) is 2.91. The molecule has 2 saturated heterocycles. The molecule has 108 valence electrons. The average Bonchev–Trinajstić information content (AvgIpc) is 2.88. The summed E-state index contributed by atoms with van der Waals surface area (Å²) in [5.74, 6) is 0.1000. The van der Waals surface area contributed by atoms with Crippen LogP contribution in [0.4, 0.5) is 0 Å². The van der Waals surface area contributed by atoms with E-state index in [1.165, 1.54) is 0 Å². The van der Waals surface area contributed by atoms with E-state index in [2.05, 4.69) is 5.32 Å². The Morgan fingerprint density at radius 2 is 2.05 bits per heavy atom. The van der Waals surface area contributed by atoms with Crippen molar-refractivity contribution in [3.8, 4) is 0 Å². The number of nitrogens with two attached hydrogens (primary N) is 1. The topological polar surface area (TPSA) is 75.4 Å². The number of carbonyl (C=O) groups is 2. The first-order valence-corrected chi connectivity index (χ1v) is 7.22. The molecule has 0 saturated carbocycles. The fourth-order valence-electron chi connectivity index (χ4n) is 3.23. The summed E-state index contributed by atoms with van der Waals surface area (Å²) in [6.07, 6.45) is 2.93. The van der Waals surface area contributed by atoms with Crippen LogP contribution in [-0.2, 0) is 9.59 Å². The highest BCUT2D eigenvalue weighted by Gasteiger charge is 2.42. The molecule has 2 heterocycles. The van der Waals surface area contributed by atoms with Gasteiger partial charge < -0.3 is 16.0 Å². The average molecular weight is 267 g/mol. The van der Waals surface area contributed by atoms with Gasteiger partial charge in [0.05, 0.1) is 5.92 Å². The quantitative estimate of drug-likeness (QED) is 0.774. The van der Waals surface area contributed by atoms with Gasteiger partial charge in [0, 0.05) is 18.5 Å². The number of carbonyl (C=O) groups excluding carboxylic acids is 2. The second-order valence-corrected chi connectivity index (χ2v) is 6.40. The van der Waals surface area contributed by atoms with E-state index in [0.717, 1.165) is 25.9 Å². The van der Waals surface area contributed by atoms with Crippen molar-refractivity contribution in [3.05, 3.63) is 0 Å². The van der Waals surface area contributed by atoms with Crippen LogP contribution in [0.15, 0.2) is 0 Å². The zero-order valence-corrected chi connectivity index (χ0v) is 11.9. The van der Waals surface area contributed by atoms with Crippen molar-refractivity contribution >= 4 is 11.8 Å². The third-order valence-corrected chi connectivity index (χ3v) is 4.75. The molecule has 0 aromatic rings. The number of primary amides is 1. The first kappa shape index (κ1) is 14.3. The molecule has 19 heavy (non-hydrogen) atoms. The molecule has 2 amide bonds. The SMILES string of the molecule is CC(C)(C(=O)N1CCC(C(N)=O)C1)C1CCCNC1. The molecule has 2 aliphatic heterocycles. The number of hydrogen-bond acceptors (Lipinski definition) is 3. The molecule has 2 unspecified atom stereocenters. The van der Waals surface area contributed by atoms with E-state index < -0.39 is 0 Å². The number of hydrogen-bond donors (Lipinski definition) is 2. The van der Waals surface area contributed by atoms with E-state index in [4.69, 9.17) is 5.73 Å². The molecule has 0 aliphatic carbocycles. The number of likely N-dealkylation sites (tertiary alicyclic amines) is 1. The maximum absolute atomic E-state index is 12.7. The van der Waals surface area contributed by atoms with Crippen molar-refractivity contribution in [1.82, 2.24) is 10.2 Å². The summed E-state index contributed by atoms with van der Waals surface area (Å²) >= 11 is 0. The van der Waals surface area contributed by atoms with Gasteiger partial charge in [0.2, 0.25) is 11.8 Å². The minimum absolute atomic E-state index is 0.163. The summed E-state index contributed by atoms with van der Waals surface area (Å²) in [6.45, 7) is 7.18. The molecule has 0 bridgehead atoms. The molecular formula is C14H25N3O2. The molecule has 0 aromatic carbocycles. The summed E-state index contributed by atoms with van der Waals surface area (Å²) < 4.78 is 0. The van der Waals surface area contributed by atoms with Gasteiger partial charge in [-0.15, -0.1) is 0 Å². The number of nitrogens with zero attached hydrogens (tertiary/aromatic N) is 1. The number of nitrogens with one attached hydrogen (secondary N) is 1. The van der Waals surface area contributed by atoms with Crippen molar-refractivity contribution in [2.75, 3.05) is 26.2 Å². The van der Waals surface area contributed by atoms with E-state index in [0.29, 0.717) is 25.4 Å². The molecule has 2 atom stereocenters. The van der Waals surface area contributed by atoms with Gasteiger partial charge in [0.25, 0.3) is 0 Å². The van der Waals surface area contributed by atoms with Crippen LogP contribution in [0.25, 0.3) is 0 Å². The zero-order valence-electron chi connectivity index (χ0n) is 11.9. The first-order valence-electron chi connectivity index (χ1n) is 7.22.